The number of likely N-dealkylation sites (N-methyl/N-ethyl adjacent to an activating group) is 1. The highest BCUT2D eigenvalue weighted by Gasteiger charge is 2.29. The molecule has 0 spiro atoms. The number of carbonyl (C=O) groups is 2. The predicted molar refractivity (Wildman–Crippen MR) is 121 cm³/mol. The smallest absolute Gasteiger partial charge is 0.340 e. The Bertz CT molecular complexity index is 1150. The Balaban J connectivity index is 1.65. The van der Waals surface area contributed by atoms with Crippen molar-refractivity contribution in [2.24, 2.45) is 0 Å². The number of fused-ring (bicyclic) bond motifs is 2. The summed E-state index contributed by atoms with van der Waals surface area (Å²) in [4.78, 5) is 33.1. The van der Waals surface area contributed by atoms with Crippen LogP contribution in [0.15, 0.2) is 48.5 Å². The molecule has 4 rings (SSSR count). The first-order valence-corrected chi connectivity index (χ1v) is 10.7. The fourth-order valence-electron chi connectivity index (χ4n) is 3.84. The summed E-state index contributed by atoms with van der Waals surface area (Å²) in [5, 5.41) is 3.92. The zero-order valence-corrected chi connectivity index (χ0v) is 18.3. The van der Waals surface area contributed by atoms with E-state index in [0.29, 0.717) is 29.2 Å². The van der Waals surface area contributed by atoms with E-state index in [-0.39, 0.29) is 0 Å². The lowest BCUT2D eigenvalue weighted by molar-refractivity contribution is -0.124. The number of carbonyl (C=O) groups excluding carboxylic acids is 2. The van der Waals surface area contributed by atoms with Gasteiger partial charge in [-0.1, -0.05) is 48.9 Å². The van der Waals surface area contributed by atoms with Crippen molar-refractivity contribution in [2.75, 3.05) is 18.9 Å². The number of ether oxygens (including phenoxy) is 1. The number of hydrogen-bond donors (Lipinski definition) is 1. The average Bonchev–Trinajstić information content (AvgIpc) is 2.77. The number of nitrogens with one attached hydrogen (secondary N) is 1. The third-order valence-electron chi connectivity index (χ3n) is 5.49. The minimum atomic E-state index is -0.937. The van der Waals surface area contributed by atoms with Gasteiger partial charge >= 0.3 is 5.97 Å². The minimum absolute atomic E-state index is 0.340. The highest BCUT2D eigenvalue weighted by Crippen LogP contribution is 2.29. The number of amides is 1. The first-order chi connectivity index (χ1) is 15.0. The van der Waals surface area contributed by atoms with Crippen molar-refractivity contribution in [3.63, 3.8) is 0 Å². The second-order valence-corrected chi connectivity index (χ2v) is 8.10. The zero-order chi connectivity index (χ0) is 22.0. The number of hydrogen-bond acceptors (Lipinski definition) is 5. The molecule has 160 valence electrons. The number of benzene rings is 2. The maximum absolute atomic E-state index is 13.4. The van der Waals surface area contributed by atoms with Crippen LogP contribution in [0.25, 0.3) is 10.9 Å². The molecule has 1 N–H and O–H groups in total. The van der Waals surface area contributed by atoms with Crippen molar-refractivity contribution in [3.05, 3.63) is 70.4 Å². The van der Waals surface area contributed by atoms with Gasteiger partial charge < -0.3 is 15.0 Å². The standard InChI is InChI=1S/C24H24ClN3O3/c1-3-21(23(29)27-20-11-7-5-9-17(20)25)31-24(30)22-15-8-4-6-10-18(15)26-19-12-13-28(2)14-16(19)22/h4-11,21H,3,12-14H2,1-2H3,(H,27,29). The number of rotatable bonds is 5. The molecule has 6 nitrogen and oxygen atoms in total. The van der Waals surface area contributed by atoms with Gasteiger partial charge in [0.25, 0.3) is 5.91 Å². The fourth-order valence-corrected chi connectivity index (χ4v) is 4.03. The van der Waals surface area contributed by atoms with Gasteiger partial charge in [0.15, 0.2) is 6.10 Å². The number of nitrogens with zero attached hydrogens (tertiary/aromatic N) is 2. The van der Waals surface area contributed by atoms with Gasteiger partial charge in [0.1, 0.15) is 0 Å². The van der Waals surface area contributed by atoms with E-state index in [4.69, 9.17) is 21.3 Å². The van der Waals surface area contributed by atoms with Crippen LogP contribution in [0.1, 0.15) is 35.0 Å². The van der Waals surface area contributed by atoms with Gasteiger partial charge in [-0.3, -0.25) is 9.78 Å². The lowest BCUT2D eigenvalue weighted by Gasteiger charge is -2.27. The van der Waals surface area contributed by atoms with Crippen molar-refractivity contribution < 1.29 is 14.3 Å². The first-order valence-electron chi connectivity index (χ1n) is 10.3. The Labute approximate surface area is 186 Å². The highest BCUT2D eigenvalue weighted by molar-refractivity contribution is 6.33. The zero-order valence-electron chi connectivity index (χ0n) is 17.5. The maximum Gasteiger partial charge on any atom is 0.340 e. The Morgan fingerprint density at radius 1 is 1.19 bits per heavy atom. The van der Waals surface area contributed by atoms with Gasteiger partial charge in [0.05, 0.1) is 21.8 Å². The molecule has 2 heterocycles. The van der Waals surface area contributed by atoms with Gasteiger partial charge in [-0.25, -0.2) is 4.79 Å². The minimum Gasteiger partial charge on any atom is -0.449 e. The normalized spacial score (nSPS) is 14.7. The molecule has 1 aliphatic rings. The van der Waals surface area contributed by atoms with Crippen LogP contribution in [0.4, 0.5) is 5.69 Å². The number of anilines is 1. The third kappa shape index (κ3) is 4.40. The molecule has 1 atom stereocenters. The summed E-state index contributed by atoms with van der Waals surface area (Å²) >= 11 is 6.14. The first kappa shape index (κ1) is 21.3. The Morgan fingerprint density at radius 3 is 2.71 bits per heavy atom. The van der Waals surface area contributed by atoms with E-state index in [1.165, 1.54) is 0 Å². The number of halogens is 1. The van der Waals surface area contributed by atoms with Crippen LogP contribution < -0.4 is 5.32 Å². The molecule has 0 aliphatic carbocycles. The van der Waals surface area contributed by atoms with Crippen LogP contribution in [-0.4, -0.2) is 41.5 Å². The molecule has 0 saturated heterocycles. The Kier molecular flexibility index (Phi) is 6.20. The third-order valence-corrected chi connectivity index (χ3v) is 5.82. The molecule has 1 amide bonds. The lowest BCUT2D eigenvalue weighted by Crippen LogP contribution is -2.34. The molecule has 31 heavy (non-hydrogen) atoms. The van der Waals surface area contributed by atoms with E-state index >= 15 is 0 Å². The largest absolute Gasteiger partial charge is 0.449 e. The summed E-state index contributed by atoms with van der Waals surface area (Å²) in [6.45, 7) is 3.29. The van der Waals surface area contributed by atoms with Gasteiger partial charge in [-0.05, 0) is 31.7 Å². The SMILES string of the molecule is CCC(OC(=O)c1c2c(nc3ccccc13)CCN(C)C2)C(=O)Nc1ccccc1Cl. The average molecular weight is 438 g/mol. The molecule has 1 unspecified atom stereocenters. The highest BCUT2D eigenvalue weighted by atomic mass is 35.5. The van der Waals surface area contributed by atoms with Crippen molar-refractivity contribution in [1.29, 1.82) is 0 Å². The molecule has 1 aliphatic heterocycles. The van der Waals surface area contributed by atoms with Crippen LogP contribution in [0.2, 0.25) is 5.02 Å². The number of aromatic nitrogens is 1. The van der Waals surface area contributed by atoms with E-state index < -0.39 is 18.0 Å². The summed E-state index contributed by atoms with van der Waals surface area (Å²) < 4.78 is 5.73. The number of para-hydroxylation sites is 2. The van der Waals surface area contributed by atoms with Crippen LogP contribution in [0.3, 0.4) is 0 Å². The summed E-state index contributed by atoms with van der Waals surface area (Å²) in [5.41, 5.74) is 3.52. The summed E-state index contributed by atoms with van der Waals surface area (Å²) in [5.74, 6) is -0.917. The number of esters is 1. The molecule has 2 aromatic carbocycles. The van der Waals surface area contributed by atoms with Gasteiger partial charge in [0, 0.05) is 36.2 Å². The molecule has 0 saturated carbocycles. The molecule has 7 heteroatoms. The monoisotopic (exact) mass is 437 g/mol. The van der Waals surface area contributed by atoms with Crippen molar-refractivity contribution in [3.8, 4) is 0 Å². The van der Waals surface area contributed by atoms with Crippen LogP contribution in [0.5, 0.6) is 0 Å². The quantitative estimate of drug-likeness (QED) is 0.597. The van der Waals surface area contributed by atoms with Crippen molar-refractivity contribution in [1.82, 2.24) is 9.88 Å². The maximum atomic E-state index is 13.4. The Hall–Kier alpha value is -2.96. The van der Waals surface area contributed by atoms with Gasteiger partial charge in [-0.15, -0.1) is 0 Å². The predicted octanol–water partition coefficient (Wildman–Crippen LogP) is 4.45. The van der Waals surface area contributed by atoms with E-state index in [2.05, 4.69) is 10.2 Å². The molecule has 1 aromatic heterocycles. The van der Waals surface area contributed by atoms with Crippen LogP contribution in [-0.2, 0) is 22.5 Å². The topological polar surface area (TPSA) is 71.5 Å². The molecule has 0 fully saturated rings. The summed E-state index contributed by atoms with van der Waals surface area (Å²) in [6.07, 6.45) is 0.168. The molecular formula is C24H24ClN3O3. The van der Waals surface area contributed by atoms with Crippen LogP contribution >= 0.6 is 11.6 Å². The molecule has 0 bridgehead atoms. The van der Waals surface area contributed by atoms with Crippen molar-refractivity contribution in [2.45, 2.75) is 32.4 Å². The van der Waals surface area contributed by atoms with E-state index in [1.807, 2.05) is 31.3 Å². The lowest BCUT2D eigenvalue weighted by atomic mass is 9.96. The number of pyridine rings is 1. The summed E-state index contributed by atoms with van der Waals surface area (Å²) in [6, 6.07) is 14.5. The Morgan fingerprint density at radius 2 is 1.94 bits per heavy atom. The summed E-state index contributed by atoms with van der Waals surface area (Å²) in [7, 11) is 2.01. The molecule has 0 radical (unpaired) electrons. The van der Waals surface area contributed by atoms with Gasteiger partial charge in [0.2, 0.25) is 0 Å². The van der Waals surface area contributed by atoms with E-state index in [9.17, 15) is 9.59 Å². The van der Waals surface area contributed by atoms with Crippen molar-refractivity contribution >= 4 is 40.1 Å². The molecule has 3 aromatic rings. The second-order valence-electron chi connectivity index (χ2n) is 7.69. The molecular weight excluding hydrogens is 414 g/mol. The second kappa shape index (κ2) is 9.04. The fraction of sp³-hybridized carbons (Fsp3) is 0.292. The van der Waals surface area contributed by atoms with E-state index in [0.717, 1.165) is 35.1 Å². The van der Waals surface area contributed by atoms with Crippen LogP contribution in [0, 0.1) is 0 Å². The van der Waals surface area contributed by atoms with E-state index in [1.54, 1.807) is 31.2 Å². The van der Waals surface area contributed by atoms with Gasteiger partial charge in [-0.2, -0.15) is 0 Å².